The fourth-order valence-electron chi connectivity index (χ4n) is 0.859. The first-order valence-electron chi connectivity index (χ1n) is 5.11. The van der Waals surface area contributed by atoms with Crippen LogP contribution in [0.3, 0.4) is 0 Å². The maximum atomic E-state index is 5.17. The van der Waals surface area contributed by atoms with Gasteiger partial charge in [0.25, 0.3) is 0 Å². The van der Waals surface area contributed by atoms with E-state index in [0.717, 1.165) is 23.5 Å². The largest absolute Gasteiger partial charge is 0.501 e. The Morgan fingerprint density at radius 2 is 1.57 bits per heavy atom. The van der Waals surface area contributed by atoms with Crippen LogP contribution < -0.4 is 0 Å². The summed E-state index contributed by atoms with van der Waals surface area (Å²) < 4.78 is 10.3. The van der Waals surface area contributed by atoms with Gasteiger partial charge in [0, 0.05) is 12.5 Å². The van der Waals surface area contributed by atoms with Gasteiger partial charge in [-0.3, -0.25) is 0 Å². The summed E-state index contributed by atoms with van der Waals surface area (Å²) in [6, 6.07) is 0. The molecule has 14 heavy (non-hydrogen) atoms. The molecule has 0 fully saturated rings. The van der Waals surface area contributed by atoms with Crippen molar-refractivity contribution in [1.82, 2.24) is 0 Å². The standard InChI is InChI=1S/C10H18O2.C2H6/c1-6-9(11-4)7-10(12-5)8(2)3;1-2/h7H,6H2,1-5H3;1-2H3/b9-7+;. The highest BCUT2D eigenvalue weighted by Crippen LogP contribution is 2.11. The van der Waals surface area contributed by atoms with Gasteiger partial charge in [-0.2, -0.15) is 0 Å². The molecule has 0 saturated heterocycles. The van der Waals surface area contributed by atoms with E-state index in [4.69, 9.17) is 9.47 Å². The zero-order valence-electron chi connectivity index (χ0n) is 10.6. The predicted molar refractivity (Wildman–Crippen MR) is 62.1 cm³/mol. The molecular formula is C12H24O2. The summed E-state index contributed by atoms with van der Waals surface area (Å²) in [5.41, 5.74) is 1.15. The van der Waals surface area contributed by atoms with Crippen LogP contribution in [0.4, 0.5) is 0 Å². The minimum atomic E-state index is 0.883. The topological polar surface area (TPSA) is 18.5 Å². The van der Waals surface area contributed by atoms with Crippen molar-refractivity contribution in [3.63, 3.8) is 0 Å². The summed E-state index contributed by atoms with van der Waals surface area (Å²) in [5, 5.41) is 0. The Kier molecular flexibility index (Phi) is 11.3. The highest BCUT2D eigenvalue weighted by atomic mass is 16.5. The zero-order valence-corrected chi connectivity index (χ0v) is 10.6. The first-order valence-corrected chi connectivity index (χ1v) is 5.11. The summed E-state index contributed by atoms with van der Waals surface area (Å²) in [5.74, 6) is 1.82. The van der Waals surface area contributed by atoms with Gasteiger partial charge < -0.3 is 9.47 Å². The summed E-state index contributed by atoms with van der Waals surface area (Å²) in [4.78, 5) is 0. The molecule has 0 aromatic rings. The summed E-state index contributed by atoms with van der Waals surface area (Å²) in [6.45, 7) is 10.1. The molecule has 0 amide bonds. The predicted octanol–water partition coefficient (Wildman–Crippen LogP) is 3.89. The summed E-state index contributed by atoms with van der Waals surface area (Å²) in [6.07, 6.45) is 2.81. The normalized spacial score (nSPS) is 9.79. The molecule has 84 valence electrons. The van der Waals surface area contributed by atoms with Gasteiger partial charge in [-0.1, -0.05) is 20.8 Å². The SMILES string of the molecule is CC.CC/C(=C\C(OC)=C(C)C)OC. The maximum Gasteiger partial charge on any atom is 0.120 e. The molecule has 0 rings (SSSR count). The Labute approximate surface area is 88.6 Å². The van der Waals surface area contributed by atoms with Crippen molar-refractivity contribution in [3.05, 3.63) is 23.2 Å². The minimum Gasteiger partial charge on any atom is -0.501 e. The molecule has 0 aliphatic heterocycles. The van der Waals surface area contributed by atoms with Gasteiger partial charge in [0.2, 0.25) is 0 Å². The minimum absolute atomic E-state index is 0.883. The van der Waals surface area contributed by atoms with E-state index >= 15 is 0 Å². The maximum absolute atomic E-state index is 5.17. The van der Waals surface area contributed by atoms with Crippen molar-refractivity contribution < 1.29 is 9.47 Å². The van der Waals surface area contributed by atoms with Crippen molar-refractivity contribution in [2.24, 2.45) is 0 Å². The van der Waals surface area contributed by atoms with Crippen molar-refractivity contribution >= 4 is 0 Å². The summed E-state index contributed by atoms with van der Waals surface area (Å²) >= 11 is 0. The van der Waals surface area contributed by atoms with E-state index < -0.39 is 0 Å². The molecule has 0 bridgehead atoms. The number of methoxy groups -OCH3 is 2. The molecule has 0 aliphatic rings. The van der Waals surface area contributed by atoms with E-state index in [1.54, 1.807) is 14.2 Å². The Bertz CT molecular complexity index is 180. The first-order chi connectivity index (χ1) is 6.65. The van der Waals surface area contributed by atoms with Crippen LogP contribution in [-0.2, 0) is 9.47 Å². The fraction of sp³-hybridized carbons (Fsp3) is 0.667. The number of allylic oxidation sites excluding steroid dienone is 3. The lowest BCUT2D eigenvalue weighted by atomic mass is 10.2. The molecular weight excluding hydrogens is 176 g/mol. The Hall–Kier alpha value is -0.920. The van der Waals surface area contributed by atoms with Gasteiger partial charge in [0.1, 0.15) is 5.76 Å². The van der Waals surface area contributed by atoms with Gasteiger partial charge in [0.05, 0.1) is 20.0 Å². The average molecular weight is 200 g/mol. The zero-order chi connectivity index (χ0) is 11.6. The van der Waals surface area contributed by atoms with E-state index in [1.165, 1.54) is 0 Å². The average Bonchev–Trinajstić information content (AvgIpc) is 2.22. The van der Waals surface area contributed by atoms with E-state index in [9.17, 15) is 0 Å². The van der Waals surface area contributed by atoms with Crippen LogP contribution in [0, 0.1) is 0 Å². The van der Waals surface area contributed by atoms with Crippen LogP contribution in [0.5, 0.6) is 0 Å². The van der Waals surface area contributed by atoms with E-state index in [-0.39, 0.29) is 0 Å². The molecule has 0 radical (unpaired) electrons. The Morgan fingerprint density at radius 3 is 1.79 bits per heavy atom. The van der Waals surface area contributed by atoms with E-state index in [0.29, 0.717) is 0 Å². The highest BCUT2D eigenvalue weighted by molar-refractivity contribution is 5.19. The highest BCUT2D eigenvalue weighted by Gasteiger charge is 1.97. The monoisotopic (exact) mass is 200 g/mol. The van der Waals surface area contributed by atoms with Crippen LogP contribution in [0.15, 0.2) is 23.2 Å². The van der Waals surface area contributed by atoms with Crippen LogP contribution in [0.1, 0.15) is 41.0 Å². The molecule has 0 saturated carbocycles. The van der Waals surface area contributed by atoms with Crippen molar-refractivity contribution in [1.29, 1.82) is 0 Å². The van der Waals surface area contributed by atoms with Gasteiger partial charge in [-0.15, -0.1) is 0 Å². The van der Waals surface area contributed by atoms with Crippen LogP contribution in [-0.4, -0.2) is 14.2 Å². The molecule has 0 aromatic carbocycles. The second kappa shape index (κ2) is 10.2. The molecule has 0 heterocycles. The number of rotatable bonds is 4. The lowest BCUT2D eigenvalue weighted by molar-refractivity contribution is 0.266. The van der Waals surface area contributed by atoms with Crippen LogP contribution in [0.25, 0.3) is 0 Å². The van der Waals surface area contributed by atoms with Crippen molar-refractivity contribution in [2.75, 3.05) is 14.2 Å². The van der Waals surface area contributed by atoms with Crippen molar-refractivity contribution in [3.8, 4) is 0 Å². The van der Waals surface area contributed by atoms with E-state index in [2.05, 4.69) is 0 Å². The van der Waals surface area contributed by atoms with Gasteiger partial charge >= 0.3 is 0 Å². The summed E-state index contributed by atoms with van der Waals surface area (Å²) in [7, 11) is 3.34. The Morgan fingerprint density at radius 1 is 1.07 bits per heavy atom. The molecule has 2 nitrogen and oxygen atoms in total. The lowest BCUT2D eigenvalue weighted by Gasteiger charge is -2.06. The molecule has 0 atom stereocenters. The van der Waals surface area contributed by atoms with Gasteiger partial charge in [-0.05, 0) is 19.4 Å². The molecule has 0 unspecified atom stereocenters. The molecule has 0 aromatic heterocycles. The van der Waals surface area contributed by atoms with Crippen LogP contribution in [0.2, 0.25) is 0 Å². The second-order valence-electron chi connectivity index (χ2n) is 2.74. The third-order valence-electron chi connectivity index (χ3n) is 1.62. The second-order valence-corrected chi connectivity index (χ2v) is 2.74. The third kappa shape index (κ3) is 6.58. The third-order valence-corrected chi connectivity index (χ3v) is 1.62. The number of hydrogen-bond acceptors (Lipinski definition) is 2. The molecule has 2 heteroatoms. The molecule has 0 aliphatic carbocycles. The smallest absolute Gasteiger partial charge is 0.120 e. The van der Waals surface area contributed by atoms with Gasteiger partial charge in [0.15, 0.2) is 0 Å². The van der Waals surface area contributed by atoms with E-state index in [1.807, 2.05) is 40.7 Å². The quantitative estimate of drug-likeness (QED) is 0.506. The lowest BCUT2D eigenvalue weighted by Crippen LogP contribution is -1.90. The number of hydrogen-bond donors (Lipinski definition) is 0. The Balaban J connectivity index is 0. The molecule has 0 N–H and O–H groups in total. The fourth-order valence-corrected chi connectivity index (χ4v) is 0.859. The number of ether oxygens (including phenoxy) is 2. The molecule has 0 spiro atoms. The first kappa shape index (κ1) is 15.5. The van der Waals surface area contributed by atoms with Gasteiger partial charge in [-0.25, -0.2) is 0 Å². The van der Waals surface area contributed by atoms with Crippen LogP contribution >= 0.6 is 0 Å². The van der Waals surface area contributed by atoms with Crippen molar-refractivity contribution in [2.45, 2.75) is 41.0 Å².